The fraction of sp³-hybridized carbons (Fsp3) is 0.172. The lowest BCUT2D eigenvalue weighted by Crippen LogP contribution is -2.33. The van der Waals surface area contributed by atoms with Crippen molar-refractivity contribution in [3.05, 3.63) is 107 Å². The van der Waals surface area contributed by atoms with Crippen molar-refractivity contribution in [1.82, 2.24) is 4.57 Å². The van der Waals surface area contributed by atoms with Gasteiger partial charge in [0.25, 0.3) is 0 Å². The average molecular weight is 699 g/mol. The molecule has 1 saturated heterocycles. The van der Waals surface area contributed by atoms with Crippen LogP contribution in [0, 0.1) is 12.8 Å². The fourth-order valence-electron chi connectivity index (χ4n) is 5.11. The smallest absolute Gasteiger partial charge is 0.308 e. The summed E-state index contributed by atoms with van der Waals surface area (Å²) in [6.45, 7) is 1.76. The average Bonchev–Trinajstić information content (AvgIpc) is 3.37. The third kappa shape index (κ3) is 4.89. The number of halogens is 2. The third-order valence-electron chi connectivity index (χ3n) is 7.00. The Morgan fingerprint density at radius 1 is 0.875 bits per heavy atom. The van der Waals surface area contributed by atoms with E-state index in [4.69, 9.17) is 0 Å². The molecule has 0 unspecified atom stereocenters. The number of anilines is 2. The summed E-state index contributed by atoms with van der Waals surface area (Å²) in [7, 11) is 0. The monoisotopic (exact) mass is 697 g/mol. The van der Waals surface area contributed by atoms with Crippen molar-refractivity contribution in [2.24, 2.45) is 5.92 Å². The Morgan fingerprint density at radius 3 is 2.15 bits per heavy atom. The third-order valence-corrected chi connectivity index (χ3v) is 10.7. The van der Waals surface area contributed by atoms with Gasteiger partial charge in [0.2, 0.25) is 17.7 Å². The molecule has 3 heterocycles. The normalized spacial score (nSPS) is 19.9. The minimum atomic E-state index is -0.738. The van der Waals surface area contributed by atoms with Crippen molar-refractivity contribution in [2.45, 2.75) is 29.7 Å². The van der Waals surface area contributed by atoms with Crippen LogP contribution >= 0.6 is 55.0 Å². The van der Waals surface area contributed by atoms with Crippen LogP contribution in [0.1, 0.15) is 21.9 Å². The first-order valence-corrected chi connectivity index (χ1v) is 15.6. The van der Waals surface area contributed by atoms with E-state index in [2.05, 4.69) is 37.2 Å². The number of amides is 3. The summed E-state index contributed by atoms with van der Waals surface area (Å²) in [6.07, 6.45) is 0. The zero-order valence-electron chi connectivity index (χ0n) is 21.0. The summed E-state index contributed by atoms with van der Waals surface area (Å²) in [5, 5.41) is 2.66. The van der Waals surface area contributed by atoms with Gasteiger partial charge in [0.05, 0.1) is 16.6 Å². The summed E-state index contributed by atoms with van der Waals surface area (Å²) in [5.41, 5.74) is 3.03. The van der Waals surface area contributed by atoms with E-state index >= 15 is 0 Å². The molecule has 202 valence electrons. The van der Waals surface area contributed by atoms with Crippen LogP contribution in [0.5, 0.6) is 0 Å². The molecule has 0 radical (unpaired) electrons. The minimum absolute atomic E-state index is 0.200. The van der Waals surface area contributed by atoms with E-state index in [9.17, 15) is 19.2 Å². The molecule has 7 nitrogen and oxygen atoms in total. The van der Waals surface area contributed by atoms with Gasteiger partial charge < -0.3 is 5.32 Å². The Bertz CT molecular complexity index is 1700. The molecule has 3 atom stereocenters. The molecule has 2 aliphatic rings. The summed E-state index contributed by atoms with van der Waals surface area (Å²) in [6, 6.07) is 22.0. The van der Waals surface area contributed by atoms with Crippen LogP contribution < -0.4 is 15.1 Å². The van der Waals surface area contributed by atoms with Crippen molar-refractivity contribution in [3.8, 4) is 0 Å². The van der Waals surface area contributed by atoms with E-state index in [0.717, 1.165) is 31.4 Å². The zero-order valence-corrected chi connectivity index (χ0v) is 25.8. The van der Waals surface area contributed by atoms with Crippen LogP contribution in [0.2, 0.25) is 0 Å². The van der Waals surface area contributed by atoms with Crippen LogP contribution in [0.4, 0.5) is 11.4 Å². The van der Waals surface area contributed by atoms with Gasteiger partial charge in [-0.1, -0.05) is 84.8 Å². The number of hydrogen-bond donors (Lipinski definition) is 1. The lowest BCUT2D eigenvalue weighted by atomic mass is 9.83. The fourth-order valence-corrected chi connectivity index (χ4v) is 8.41. The van der Waals surface area contributed by atoms with Gasteiger partial charge in [-0.3, -0.25) is 23.7 Å². The van der Waals surface area contributed by atoms with Gasteiger partial charge in [-0.25, -0.2) is 4.90 Å². The van der Waals surface area contributed by atoms with E-state index in [1.54, 1.807) is 24.3 Å². The Morgan fingerprint density at radius 2 is 1.50 bits per heavy atom. The number of aromatic nitrogens is 1. The number of carbonyl (C=O) groups excluding carboxylic acids is 3. The first-order valence-electron chi connectivity index (χ1n) is 12.4. The second kappa shape index (κ2) is 10.8. The Kier molecular flexibility index (Phi) is 7.32. The second-order valence-electron chi connectivity index (χ2n) is 9.62. The van der Waals surface area contributed by atoms with Crippen LogP contribution in [0.15, 0.2) is 91.6 Å². The number of imide groups is 1. The maximum Gasteiger partial charge on any atom is 0.308 e. The number of fused-ring (bicyclic) bond motifs is 2. The molecule has 6 rings (SSSR count). The molecule has 2 aliphatic heterocycles. The highest BCUT2D eigenvalue weighted by molar-refractivity contribution is 9.10. The molecular weight excluding hydrogens is 678 g/mol. The largest absolute Gasteiger partial charge is 0.325 e. The Labute approximate surface area is 254 Å². The molecule has 40 heavy (non-hydrogen) atoms. The molecule has 0 saturated carbocycles. The molecule has 1 N–H and O–H groups in total. The minimum Gasteiger partial charge on any atom is -0.325 e. The maximum atomic E-state index is 13.9. The van der Waals surface area contributed by atoms with Crippen LogP contribution in [-0.2, 0) is 20.9 Å². The van der Waals surface area contributed by atoms with Gasteiger partial charge in [0.15, 0.2) is 0 Å². The van der Waals surface area contributed by atoms with Crippen molar-refractivity contribution < 1.29 is 14.4 Å². The summed E-state index contributed by atoms with van der Waals surface area (Å²) >= 11 is 9.10. The first-order chi connectivity index (χ1) is 19.2. The number of rotatable bonds is 5. The summed E-state index contributed by atoms with van der Waals surface area (Å²) in [5.74, 6) is -2.18. The van der Waals surface area contributed by atoms with E-state index in [-0.39, 0.29) is 29.1 Å². The number of carbonyl (C=O) groups is 3. The molecule has 1 fully saturated rings. The molecule has 3 amide bonds. The van der Waals surface area contributed by atoms with Crippen molar-refractivity contribution in [2.75, 3.05) is 10.2 Å². The molecule has 1 aromatic heterocycles. The highest BCUT2D eigenvalue weighted by atomic mass is 79.9. The van der Waals surface area contributed by atoms with Crippen molar-refractivity contribution in [1.29, 1.82) is 0 Å². The number of thiazole rings is 1. The number of aryl methyl sites for hydroxylation is 1. The van der Waals surface area contributed by atoms with Crippen LogP contribution in [-0.4, -0.2) is 27.5 Å². The molecule has 4 aromatic rings. The maximum absolute atomic E-state index is 13.9. The number of benzene rings is 3. The van der Waals surface area contributed by atoms with Gasteiger partial charge in [0, 0.05) is 25.4 Å². The van der Waals surface area contributed by atoms with E-state index in [0.29, 0.717) is 21.3 Å². The van der Waals surface area contributed by atoms with Gasteiger partial charge >= 0.3 is 4.87 Å². The molecule has 0 bridgehead atoms. The predicted octanol–water partition coefficient (Wildman–Crippen LogP) is 6.18. The zero-order chi connectivity index (χ0) is 28.1. The summed E-state index contributed by atoms with van der Waals surface area (Å²) < 4.78 is 3.14. The number of thioether (sulfide) groups is 1. The quantitative estimate of drug-likeness (QED) is 0.252. The van der Waals surface area contributed by atoms with Gasteiger partial charge in [-0.05, 0) is 61.0 Å². The highest BCUT2D eigenvalue weighted by Gasteiger charge is 2.56. The van der Waals surface area contributed by atoms with E-state index in [1.807, 2.05) is 55.5 Å². The standard InChI is InChI=1S/C29H21Br2N3O4S2/c1-15-2-10-19(11-3-15)32-21(35)14-33-28-25(40-29(33)38)22(16-4-6-17(30)7-5-16)23-24(39-28)27(37)34(26(23)36)20-12-8-18(31)9-13-20/h2-13,22-24H,14H2,1H3,(H,32,35)/t22-,23-,24+/m0/s1. The number of hydrogen-bond acceptors (Lipinski definition) is 6. The molecule has 3 aromatic carbocycles. The molecule has 11 heteroatoms. The number of nitrogens with zero attached hydrogens (tertiary/aromatic N) is 2. The van der Waals surface area contributed by atoms with Crippen LogP contribution in [0.3, 0.4) is 0 Å². The lowest BCUT2D eigenvalue weighted by molar-refractivity contribution is -0.122. The van der Waals surface area contributed by atoms with Crippen molar-refractivity contribution >= 4 is 84.1 Å². The topological polar surface area (TPSA) is 88.5 Å². The molecule has 0 aliphatic carbocycles. The second-order valence-corrected chi connectivity index (χ2v) is 13.6. The molecular formula is C29H21Br2N3O4S2. The van der Waals surface area contributed by atoms with Gasteiger partial charge in [0.1, 0.15) is 11.8 Å². The lowest BCUT2D eigenvalue weighted by Gasteiger charge is -2.30. The SMILES string of the molecule is Cc1ccc(NC(=O)Cn2c3c(sc2=O)[C@@H](c2ccc(Br)cc2)[C@@H]2C(=O)N(c4ccc(Br)cc4)C(=O)[C@@H]2S3)cc1. The number of nitrogens with one attached hydrogen (secondary N) is 1. The van der Waals surface area contributed by atoms with E-state index in [1.165, 1.54) is 21.2 Å². The van der Waals surface area contributed by atoms with Gasteiger partial charge in [-0.15, -0.1) is 0 Å². The first kappa shape index (κ1) is 27.2. The van der Waals surface area contributed by atoms with Crippen molar-refractivity contribution in [3.63, 3.8) is 0 Å². The Hall–Kier alpha value is -2.99. The Balaban J connectivity index is 1.40. The van der Waals surface area contributed by atoms with E-state index < -0.39 is 17.1 Å². The highest BCUT2D eigenvalue weighted by Crippen LogP contribution is 2.54. The predicted molar refractivity (Wildman–Crippen MR) is 164 cm³/mol. The molecule has 0 spiro atoms. The summed E-state index contributed by atoms with van der Waals surface area (Å²) in [4.78, 5) is 55.6. The van der Waals surface area contributed by atoms with Crippen LogP contribution in [0.25, 0.3) is 0 Å². The van der Waals surface area contributed by atoms with Gasteiger partial charge in [-0.2, -0.15) is 0 Å².